The lowest BCUT2D eigenvalue weighted by atomic mass is 9.97. The van der Waals surface area contributed by atoms with Crippen molar-refractivity contribution in [2.75, 3.05) is 13.2 Å². The van der Waals surface area contributed by atoms with Crippen LogP contribution in [-0.2, 0) is 16.0 Å². The zero-order valence-electron chi connectivity index (χ0n) is 14.2. The summed E-state index contributed by atoms with van der Waals surface area (Å²) in [7, 11) is 0. The summed E-state index contributed by atoms with van der Waals surface area (Å²) in [5, 5.41) is 5.34. The number of nitrogens with one attached hydrogen (secondary N) is 1. The average molecular weight is 343 g/mol. The van der Waals surface area contributed by atoms with Gasteiger partial charge in [0.1, 0.15) is 0 Å². The van der Waals surface area contributed by atoms with E-state index in [2.05, 4.69) is 48.0 Å². The molecule has 2 aromatic rings. The minimum atomic E-state index is -0.0592. The van der Waals surface area contributed by atoms with E-state index in [9.17, 15) is 4.79 Å². The Bertz CT molecular complexity index is 630. The molecule has 1 fully saturated rings. The maximum absolute atomic E-state index is 12.7. The molecule has 24 heavy (non-hydrogen) atoms. The molecule has 3 rings (SSSR count). The summed E-state index contributed by atoms with van der Waals surface area (Å²) in [6.45, 7) is 3.57. The van der Waals surface area contributed by atoms with E-state index in [0.29, 0.717) is 13.2 Å². The van der Waals surface area contributed by atoms with Crippen molar-refractivity contribution in [3.8, 4) is 0 Å². The number of hydrogen-bond donors (Lipinski definition) is 1. The maximum Gasteiger partial charge on any atom is 0.224 e. The van der Waals surface area contributed by atoms with Crippen LogP contribution in [-0.4, -0.2) is 19.1 Å². The van der Waals surface area contributed by atoms with Crippen LogP contribution in [0.2, 0.25) is 0 Å². The fourth-order valence-electron chi connectivity index (χ4n) is 3.16. The molecule has 1 saturated heterocycles. The number of carbonyl (C=O) groups excluding carboxylic acids is 1. The predicted octanol–water partition coefficient (Wildman–Crippen LogP) is 4.33. The molecule has 1 N–H and O–H groups in total. The molecule has 1 atom stereocenters. The number of rotatable bonds is 6. The predicted molar refractivity (Wildman–Crippen MR) is 98.3 cm³/mol. The Hall–Kier alpha value is -1.65. The van der Waals surface area contributed by atoms with Crippen molar-refractivity contribution in [3.05, 3.63) is 57.8 Å². The molecule has 3 nitrogen and oxygen atoms in total. The zero-order chi connectivity index (χ0) is 16.8. The summed E-state index contributed by atoms with van der Waals surface area (Å²) in [4.78, 5) is 13.9. The molecule has 1 aromatic carbocycles. The topological polar surface area (TPSA) is 38.3 Å². The molecular formula is C20H25NO2S. The molecule has 2 heterocycles. The van der Waals surface area contributed by atoms with Gasteiger partial charge in [-0.15, -0.1) is 11.3 Å². The van der Waals surface area contributed by atoms with E-state index < -0.39 is 0 Å². The normalized spacial score (nSPS) is 16.7. The third kappa shape index (κ3) is 4.25. The van der Waals surface area contributed by atoms with E-state index in [-0.39, 0.29) is 17.9 Å². The highest BCUT2D eigenvalue weighted by atomic mass is 32.1. The van der Waals surface area contributed by atoms with Crippen LogP contribution in [0.3, 0.4) is 0 Å². The first-order valence-electron chi connectivity index (χ1n) is 8.78. The van der Waals surface area contributed by atoms with E-state index in [1.165, 1.54) is 10.4 Å². The molecule has 1 aromatic heterocycles. The molecule has 128 valence electrons. The van der Waals surface area contributed by atoms with Crippen molar-refractivity contribution in [3.63, 3.8) is 0 Å². The number of thiophene rings is 1. The largest absolute Gasteiger partial charge is 0.381 e. The Kier molecular flexibility index (Phi) is 6.05. The van der Waals surface area contributed by atoms with Crippen LogP contribution in [0.1, 0.15) is 48.2 Å². The van der Waals surface area contributed by atoms with Gasteiger partial charge in [-0.05, 0) is 41.8 Å². The zero-order valence-corrected chi connectivity index (χ0v) is 15.0. The molecule has 4 heteroatoms. The summed E-state index contributed by atoms with van der Waals surface area (Å²) >= 11 is 1.69. The maximum atomic E-state index is 12.7. The van der Waals surface area contributed by atoms with Gasteiger partial charge in [0.15, 0.2) is 0 Å². The van der Waals surface area contributed by atoms with Gasteiger partial charge < -0.3 is 10.1 Å². The van der Waals surface area contributed by atoms with Crippen LogP contribution in [0, 0.1) is 5.92 Å². The van der Waals surface area contributed by atoms with E-state index in [0.717, 1.165) is 31.2 Å². The van der Waals surface area contributed by atoms with Crippen molar-refractivity contribution >= 4 is 17.2 Å². The Morgan fingerprint density at radius 1 is 1.25 bits per heavy atom. The standard InChI is InChI=1S/C20H25NO2S/c1-2-4-15-6-8-16(9-7-15)19(18-5-3-14-24-18)21-20(22)17-10-12-23-13-11-17/h3,5-9,14,17,19H,2,4,10-13H2,1H3,(H,21,22)/t19-/m1/s1. The van der Waals surface area contributed by atoms with Crippen molar-refractivity contribution < 1.29 is 9.53 Å². The monoisotopic (exact) mass is 343 g/mol. The molecule has 1 aliphatic rings. The average Bonchev–Trinajstić information content (AvgIpc) is 3.16. The number of benzene rings is 1. The first-order valence-corrected chi connectivity index (χ1v) is 9.66. The van der Waals surface area contributed by atoms with Crippen LogP contribution in [0.15, 0.2) is 41.8 Å². The van der Waals surface area contributed by atoms with Crippen molar-refractivity contribution in [1.29, 1.82) is 0 Å². The fraction of sp³-hybridized carbons (Fsp3) is 0.450. The Labute approximate surface area is 148 Å². The first-order chi connectivity index (χ1) is 11.8. The first kappa shape index (κ1) is 17.2. The molecule has 0 radical (unpaired) electrons. The lowest BCUT2D eigenvalue weighted by molar-refractivity contribution is -0.128. The smallest absolute Gasteiger partial charge is 0.224 e. The second-order valence-electron chi connectivity index (χ2n) is 6.34. The highest BCUT2D eigenvalue weighted by molar-refractivity contribution is 7.10. The number of amides is 1. The lowest BCUT2D eigenvalue weighted by Crippen LogP contribution is -2.36. The van der Waals surface area contributed by atoms with Gasteiger partial charge in [0.2, 0.25) is 5.91 Å². The summed E-state index contributed by atoms with van der Waals surface area (Å²) < 4.78 is 5.37. The molecule has 1 aliphatic heterocycles. The number of carbonyl (C=O) groups is 1. The molecule has 0 saturated carbocycles. The van der Waals surface area contributed by atoms with Crippen molar-refractivity contribution in [1.82, 2.24) is 5.32 Å². The highest BCUT2D eigenvalue weighted by Gasteiger charge is 2.25. The second kappa shape index (κ2) is 8.45. The third-order valence-corrected chi connectivity index (χ3v) is 5.50. The lowest BCUT2D eigenvalue weighted by Gasteiger charge is -2.25. The Morgan fingerprint density at radius 3 is 2.62 bits per heavy atom. The van der Waals surface area contributed by atoms with Gasteiger partial charge in [-0.3, -0.25) is 4.79 Å². The number of hydrogen-bond acceptors (Lipinski definition) is 3. The van der Waals surface area contributed by atoms with E-state index >= 15 is 0 Å². The van der Waals surface area contributed by atoms with Crippen LogP contribution in [0.25, 0.3) is 0 Å². The summed E-state index contributed by atoms with van der Waals surface area (Å²) in [6.07, 6.45) is 3.88. The molecule has 0 spiro atoms. The number of ether oxygens (including phenoxy) is 1. The van der Waals surface area contributed by atoms with Crippen LogP contribution >= 0.6 is 11.3 Å². The summed E-state index contributed by atoms with van der Waals surface area (Å²) in [6, 6.07) is 12.7. The van der Waals surface area contributed by atoms with Gasteiger partial charge >= 0.3 is 0 Å². The van der Waals surface area contributed by atoms with Gasteiger partial charge in [0.25, 0.3) is 0 Å². The third-order valence-electron chi connectivity index (χ3n) is 4.56. The van der Waals surface area contributed by atoms with Crippen LogP contribution in [0.4, 0.5) is 0 Å². The van der Waals surface area contributed by atoms with E-state index in [4.69, 9.17) is 4.74 Å². The minimum absolute atomic E-state index is 0.0592. The van der Waals surface area contributed by atoms with Crippen LogP contribution < -0.4 is 5.32 Å². The minimum Gasteiger partial charge on any atom is -0.381 e. The van der Waals surface area contributed by atoms with E-state index in [1.807, 2.05) is 6.07 Å². The SMILES string of the molecule is CCCc1ccc([C@@H](NC(=O)C2CCOCC2)c2cccs2)cc1. The molecule has 0 unspecified atom stereocenters. The quantitative estimate of drug-likeness (QED) is 0.847. The second-order valence-corrected chi connectivity index (χ2v) is 7.31. The van der Waals surface area contributed by atoms with Gasteiger partial charge in [-0.1, -0.05) is 43.7 Å². The van der Waals surface area contributed by atoms with Gasteiger partial charge in [0.05, 0.1) is 6.04 Å². The van der Waals surface area contributed by atoms with Crippen molar-refractivity contribution in [2.45, 2.75) is 38.6 Å². The molecule has 0 bridgehead atoms. The van der Waals surface area contributed by atoms with Crippen LogP contribution in [0.5, 0.6) is 0 Å². The number of aryl methyl sites for hydroxylation is 1. The Balaban J connectivity index is 1.77. The fourth-order valence-corrected chi connectivity index (χ4v) is 3.96. The van der Waals surface area contributed by atoms with Gasteiger partial charge in [0, 0.05) is 24.0 Å². The van der Waals surface area contributed by atoms with Gasteiger partial charge in [-0.25, -0.2) is 0 Å². The molecule has 1 amide bonds. The molecule has 0 aliphatic carbocycles. The summed E-state index contributed by atoms with van der Waals surface area (Å²) in [5.74, 6) is 0.218. The van der Waals surface area contributed by atoms with E-state index in [1.54, 1.807) is 11.3 Å². The summed E-state index contributed by atoms with van der Waals surface area (Å²) in [5.41, 5.74) is 2.50. The van der Waals surface area contributed by atoms with Gasteiger partial charge in [-0.2, -0.15) is 0 Å². The molecular weight excluding hydrogens is 318 g/mol. The highest BCUT2D eigenvalue weighted by Crippen LogP contribution is 2.28. The Morgan fingerprint density at radius 2 is 2.00 bits per heavy atom. The van der Waals surface area contributed by atoms with Crippen molar-refractivity contribution in [2.24, 2.45) is 5.92 Å².